The minimum absolute atomic E-state index is 0.0497. The Hall–Kier alpha value is -5.34. The average Bonchev–Trinajstić information content (AvgIpc) is 4.09. The van der Waals surface area contributed by atoms with Crippen LogP contribution < -0.4 is 18.9 Å². The summed E-state index contributed by atoms with van der Waals surface area (Å²) in [6, 6.07) is 17.0. The molecule has 302 valence electrons. The van der Waals surface area contributed by atoms with Gasteiger partial charge in [0.1, 0.15) is 34.2 Å². The fourth-order valence-corrected chi connectivity index (χ4v) is 13.9. The molecule has 0 N–H and O–H groups in total. The Morgan fingerprint density at radius 2 is 1.05 bits per heavy atom. The lowest BCUT2D eigenvalue weighted by atomic mass is 9.76. The van der Waals surface area contributed by atoms with Gasteiger partial charge in [-0.05, 0) is 113 Å². The van der Waals surface area contributed by atoms with Gasteiger partial charge in [-0.2, -0.15) is 0 Å². The number of fused-ring (bicyclic) bond motifs is 8. The van der Waals surface area contributed by atoms with Crippen LogP contribution in [0.2, 0.25) is 0 Å². The molecule has 9 rings (SSSR count). The maximum atomic E-state index is 9.52. The van der Waals surface area contributed by atoms with E-state index in [0.29, 0.717) is 13.2 Å². The molecule has 4 aliphatic rings. The van der Waals surface area contributed by atoms with Gasteiger partial charge in [-0.1, -0.05) is 26.7 Å². The molecule has 0 bridgehead atoms. The van der Waals surface area contributed by atoms with E-state index < -0.39 is 11.2 Å². The van der Waals surface area contributed by atoms with Gasteiger partial charge >= 0.3 is 0 Å². The highest BCUT2D eigenvalue weighted by Gasteiger charge is 2.47. The smallest absolute Gasteiger partial charge is 0.263 e. The van der Waals surface area contributed by atoms with Crippen molar-refractivity contribution in [3.05, 3.63) is 91.5 Å². The molecule has 2 spiro atoms. The summed E-state index contributed by atoms with van der Waals surface area (Å²) in [6.45, 7) is 20.2. The van der Waals surface area contributed by atoms with Gasteiger partial charge in [-0.15, -0.1) is 45.3 Å². The van der Waals surface area contributed by atoms with E-state index in [9.17, 15) is 10.5 Å². The number of benzene rings is 1. The van der Waals surface area contributed by atoms with E-state index in [4.69, 9.17) is 32.1 Å². The molecule has 0 saturated heterocycles. The van der Waals surface area contributed by atoms with Gasteiger partial charge in [0.25, 0.3) is 11.4 Å². The molecule has 5 aromatic rings. The van der Waals surface area contributed by atoms with Crippen LogP contribution in [0.5, 0.6) is 23.0 Å². The third-order valence-corrected chi connectivity index (χ3v) is 16.6. The zero-order valence-corrected chi connectivity index (χ0v) is 36.8. The van der Waals surface area contributed by atoms with E-state index in [-0.39, 0.29) is 11.4 Å². The maximum absolute atomic E-state index is 9.52. The highest BCUT2D eigenvalue weighted by Crippen LogP contribution is 2.62. The molecule has 2 saturated carbocycles. The van der Waals surface area contributed by atoms with E-state index in [1.165, 1.54) is 33.7 Å². The van der Waals surface area contributed by atoms with Crippen molar-refractivity contribution in [1.29, 1.82) is 10.5 Å². The zero-order chi connectivity index (χ0) is 41.4. The van der Waals surface area contributed by atoms with Crippen molar-refractivity contribution in [2.45, 2.75) is 102 Å². The molecule has 60 heavy (non-hydrogen) atoms. The number of allylic oxidation sites excluding steroid dienone is 2. The Labute approximate surface area is 367 Å². The predicted octanol–water partition coefficient (Wildman–Crippen LogP) is 14.8. The van der Waals surface area contributed by atoms with Crippen LogP contribution >= 0.6 is 45.3 Å². The van der Waals surface area contributed by atoms with Crippen LogP contribution in [0.25, 0.3) is 62.2 Å². The molecule has 12 heteroatoms. The van der Waals surface area contributed by atoms with E-state index >= 15 is 0 Å². The number of nitriles is 2. The van der Waals surface area contributed by atoms with Gasteiger partial charge in [0.15, 0.2) is 0 Å². The predicted molar refractivity (Wildman–Crippen MR) is 242 cm³/mol. The van der Waals surface area contributed by atoms with E-state index in [1.54, 1.807) is 57.5 Å². The molecule has 0 unspecified atom stereocenters. The Morgan fingerprint density at radius 1 is 0.633 bits per heavy atom. The van der Waals surface area contributed by atoms with E-state index in [1.807, 2.05) is 24.3 Å². The third-order valence-electron chi connectivity index (χ3n) is 11.8. The third kappa shape index (κ3) is 7.10. The van der Waals surface area contributed by atoms with Crippen LogP contribution in [0, 0.1) is 35.8 Å². The van der Waals surface area contributed by atoms with Crippen molar-refractivity contribution in [2.24, 2.45) is 0 Å². The normalized spacial score (nSPS) is 17.1. The largest absolute Gasteiger partial charge is 0.492 e. The van der Waals surface area contributed by atoms with Crippen LogP contribution in [0.3, 0.4) is 0 Å². The first-order chi connectivity index (χ1) is 29.3. The van der Waals surface area contributed by atoms with Gasteiger partial charge in [-0.25, -0.2) is 20.2 Å². The van der Waals surface area contributed by atoms with E-state index in [2.05, 4.69) is 47.8 Å². The number of rotatable bonds is 10. The fourth-order valence-electron chi connectivity index (χ4n) is 9.04. The first-order valence-electron chi connectivity index (χ1n) is 20.7. The van der Waals surface area contributed by atoms with Gasteiger partial charge in [0.05, 0.1) is 48.3 Å². The average molecular weight is 867 g/mol. The quantitative estimate of drug-likeness (QED) is 0.103. The van der Waals surface area contributed by atoms with Crippen LogP contribution in [0.15, 0.2) is 47.8 Å². The SMILES string of the molecule is [C-]#[N+]/C(C#N)=C\c1cc(OCCC)c(-c2cc3c(s2)-c2cc4c(cc2OC32CCCCC2)-c2sc(-c3sc(/C=C(\C#N)[N+]#[C-])cc3OCCC)cc2C2(CCCCC2)O4)s1. The highest BCUT2D eigenvalue weighted by molar-refractivity contribution is 7.25. The number of hydrogen-bond acceptors (Lipinski definition) is 10. The van der Waals surface area contributed by atoms with Crippen LogP contribution in [-0.2, 0) is 11.2 Å². The molecular weight excluding hydrogens is 825 g/mol. The zero-order valence-electron chi connectivity index (χ0n) is 33.6. The molecule has 0 amide bonds. The van der Waals surface area contributed by atoms with Gasteiger partial charge in [0.2, 0.25) is 0 Å². The number of hydrogen-bond donors (Lipinski definition) is 0. The topological polar surface area (TPSA) is 93.2 Å². The lowest BCUT2D eigenvalue weighted by Gasteiger charge is -2.44. The van der Waals surface area contributed by atoms with Gasteiger partial charge in [0, 0.05) is 51.5 Å². The summed E-state index contributed by atoms with van der Waals surface area (Å²) >= 11 is 6.65. The summed E-state index contributed by atoms with van der Waals surface area (Å²) in [4.78, 5) is 15.0. The summed E-state index contributed by atoms with van der Waals surface area (Å²) in [7, 11) is 0. The van der Waals surface area contributed by atoms with Crippen molar-refractivity contribution >= 4 is 57.5 Å². The summed E-state index contributed by atoms with van der Waals surface area (Å²) in [5.41, 5.74) is 3.75. The van der Waals surface area contributed by atoms with Gasteiger partial charge < -0.3 is 18.9 Å². The van der Waals surface area contributed by atoms with Crippen molar-refractivity contribution in [1.82, 2.24) is 0 Å². The molecule has 6 heterocycles. The molecule has 2 aliphatic heterocycles. The van der Waals surface area contributed by atoms with Crippen molar-refractivity contribution in [3.8, 4) is 75.5 Å². The summed E-state index contributed by atoms with van der Waals surface area (Å²) in [6.07, 6.45) is 15.5. The Balaban J connectivity index is 1.20. The molecule has 1 aromatic carbocycles. The Kier molecular flexibility index (Phi) is 11.1. The Bertz CT molecular complexity index is 2500. The molecule has 4 aromatic heterocycles. The molecule has 0 radical (unpaired) electrons. The number of thiophene rings is 4. The summed E-state index contributed by atoms with van der Waals surface area (Å²) in [5, 5.41) is 19.0. The first-order valence-corrected chi connectivity index (χ1v) is 24.0. The molecule has 0 atom stereocenters. The summed E-state index contributed by atoms with van der Waals surface area (Å²) < 4.78 is 27.3. The number of ether oxygens (including phenoxy) is 4. The fraction of sp³-hybridized carbons (Fsp3) is 0.375. The second kappa shape index (κ2) is 16.6. The minimum Gasteiger partial charge on any atom is -0.492 e. The van der Waals surface area contributed by atoms with Crippen LogP contribution in [-0.4, -0.2) is 13.2 Å². The van der Waals surface area contributed by atoms with Crippen LogP contribution in [0.4, 0.5) is 0 Å². The van der Waals surface area contributed by atoms with Crippen molar-refractivity contribution in [2.75, 3.05) is 13.2 Å². The van der Waals surface area contributed by atoms with Gasteiger partial charge in [-0.3, -0.25) is 0 Å². The standard InChI is InChI=1S/C48H42N4O4S4/c1-5-17-53-39-21-31(19-29(27-49)51-3)57-45(39)41-25-35-43(59-41)33-23-38-34(24-37(33)55-47(35)13-9-7-10-14-47)44-36(48(56-38)15-11-8-12-16-48)26-42(60-44)46-40(54-18-6-2)22-32(58-46)20-30(28-50)52-4/h19-26H,5-18H2,1-2H3/b29-19-,30-20+. The maximum Gasteiger partial charge on any atom is 0.263 e. The lowest BCUT2D eigenvalue weighted by Crippen LogP contribution is -2.38. The highest BCUT2D eigenvalue weighted by atomic mass is 32.1. The van der Waals surface area contributed by atoms with Crippen LogP contribution in [0.1, 0.15) is 112 Å². The minimum atomic E-state index is -0.449. The molecular formula is C48H42N4O4S4. The first kappa shape index (κ1) is 40.1. The molecule has 2 aliphatic carbocycles. The Morgan fingerprint density at radius 3 is 1.42 bits per heavy atom. The lowest BCUT2D eigenvalue weighted by molar-refractivity contribution is 0.0203. The number of nitrogens with zero attached hydrogens (tertiary/aromatic N) is 4. The second-order valence-corrected chi connectivity index (χ2v) is 20.0. The van der Waals surface area contributed by atoms with Crippen molar-refractivity contribution < 1.29 is 18.9 Å². The second-order valence-electron chi connectivity index (χ2n) is 15.8. The van der Waals surface area contributed by atoms with Crippen molar-refractivity contribution in [3.63, 3.8) is 0 Å². The summed E-state index contributed by atoms with van der Waals surface area (Å²) in [5.74, 6) is 3.31. The monoisotopic (exact) mass is 866 g/mol. The molecule has 2 fully saturated rings. The van der Waals surface area contributed by atoms with E-state index in [0.717, 1.165) is 128 Å². The molecule has 8 nitrogen and oxygen atoms in total.